The first-order chi connectivity index (χ1) is 16.1. The highest BCUT2D eigenvalue weighted by Gasteiger charge is 2.44. The second-order valence-corrected chi connectivity index (χ2v) is 9.49. The number of hydrogen-bond acceptors (Lipinski definition) is 3. The summed E-state index contributed by atoms with van der Waals surface area (Å²) in [5.41, 5.74) is 7.44. The minimum atomic E-state index is -0.256. The van der Waals surface area contributed by atoms with Gasteiger partial charge in [0.05, 0.1) is 0 Å². The number of carbonyl (C=O) groups is 2. The van der Waals surface area contributed by atoms with Crippen LogP contribution in [0.15, 0.2) is 83.3 Å². The van der Waals surface area contributed by atoms with Gasteiger partial charge >= 0.3 is 0 Å². The molecule has 0 amide bonds. The predicted molar refractivity (Wildman–Crippen MR) is 129 cm³/mol. The predicted octanol–water partition coefficient (Wildman–Crippen LogP) is 5.79. The molecule has 2 aromatic carbocycles. The summed E-state index contributed by atoms with van der Waals surface area (Å²) in [6.07, 6.45) is 6.80. The molecule has 0 fully saturated rings. The zero-order chi connectivity index (χ0) is 22.5. The number of aryl methyl sites for hydroxylation is 1. The average Bonchev–Trinajstić information content (AvgIpc) is 3.17. The molecule has 3 aromatic rings. The Bertz CT molecular complexity index is 1300. The van der Waals surface area contributed by atoms with E-state index in [9.17, 15) is 9.59 Å². The fourth-order valence-corrected chi connectivity index (χ4v) is 6.09. The van der Waals surface area contributed by atoms with Crippen molar-refractivity contribution < 1.29 is 9.59 Å². The molecule has 33 heavy (non-hydrogen) atoms. The van der Waals surface area contributed by atoms with Crippen LogP contribution >= 0.6 is 0 Å². The third-order valence-corrected chi connectivity index (χ3v) is 7.51. The van der Waals surface area contributed by atoms with Crippen LogP contribution in [0.4, 0.5) is 0 Å². The molecule has 0 atom stereocenters. The molecular weight excluding hydrogens is 408 g/mol. The maximum atomic E-state index is 13.5. The molecule has 0 saturated heterocycles. The van der Waals surface area contributed by atoms with E-state index in [1.165, 1.54) is 5.56 Å². The lowest BCUT2D eigenvalue weighted by Gasteiger charge is -2.44. The van der Waals surface area contributed by atoms with Gasteiger partial charge in [-0.2, -0.15) is 0 Å². The molecule has 2 aliphatic carbocycles. The molecule has 0 spiro atoms. The van der Waals surface area contributed by atoms with Crippen LogP contribution in [0.3, 0.4) is 0 Å². The van der Waals surface area contributed by atoms with Gasteiger partial charge in [-0.25, -0.2) is 0 Å². The molecule has 0 saturated carbocycles. The maximum absolute atomic E-state index is 13.5. The Hall–Kier alpha value is -3.40. The molecule has 0 unspecified atom stereocenters. The van der Waals surface area contributed by atoms with Gasteiger partial charge in [0.25, 0.3) is 0 Å². The first kappa shape index (κ1) is 20.2. The van der Waals surface area contributed by atoms with Crippen LogP contribution in [0.2, 0.25) is 0 Å². The molecule has 4 nitrogen and oxygen atoms in total. The summed E-state index contributed by atoms with van der Waals surface area (Å²) >= 11 is 0. The number of para-hydroxylation sites is 1. The van der Waals surface area contributed by atoms with Crippen LogP contribution in [0.5, 0.6) is 0 Å². The Labute approximate surface area is 194 Å². The van der Waals surface area contributed by atoms with Crippen LogP contribution in [0.25, 0.3) is 10.9 Å². The Kier molecular flexibility index (Phi) is 4.83. The summed E-state index contributed by atoms with van der Waals surface area (Å²) < 4.78 is 2.13. The van der Waals surface area contributed by atoms with Crippen LogP contribution in [-0.4, -0.2) is 21.0 Å². The van der Waals surface area contributed by atoms with Crippen molar-refractivity contribution in [3.05, 3.63) is 94.5 Å². The summed E-state index contributed by atoms with van der Waals surface area (Å²) in [5.74, 6) is 0.156. The topological polar surface area (TPSA) is 42.3 Å². The quantitative estimate of drug-likeness (QED) is 0.522. The highest BCUT2D eigenvalue weighted by molar-refractivity contribution is 6.07. The van der Waals surface area contributed by atoms with E-state index >= 15 is 0 Å². The Morgan fingerprint density at radius 3 is 2.06 bits per heavy atom. The summed E-state index contributed by atoms with van der Waals surface area (Å²) in [6.45, 7) is 0.710. The lowest BCUT2D eigenvalue weighted by Crippen LogP contribution is -2.38. The number of ketones is 2. The number of allylic oxidation sites excluding steroid dienone is 4. The van der Waals surface area contributed by atoms with Crippen molar-refractivity contribution in [2.45, 2.75) is 51.0 Å². The molecule has 2 heterocycles. The van der Waals surface area contributed by atoms with Gasteiger partial charge in [-0.15, -0.1) is 0 Å². The molecule has 0 bridgehead atoms. The van der Waals surface area contributed by atoms with Crippen molar-refractivity contribution in [2.75, 3.05) is 0 Å². The number of Topliss-reactive ketones (excluding diaryl/α,β-unsaturated/α-hetero) is 2. The summed E-state index contributed by atoms with van der Waals surface area (Å²) in [5, 5.41) is 1.14. The highest BCUT2D eigenvalue weighted by Crippen LogP contribution is 2.50. The third-order valence-electron chi connectivity index (χ3n) is 7.51. The maximum Gasteiger partial charge on any atom is 0.161 e. The third kappa shape index (κ3) is 3.19. The van der Waals surface area contributed by atoms with Crippen molar-refractivity contribution in [3.8, 4) is 0 Å². The highest BCUT2D eigenvalue weighted by atomic mass is 16.1. The van der Waals surface area contributed by atoms with E-state index in [-0.39, 0.29) is 17.5 Å². The van der Waals surface area contributed by atoms with Gasteiger partial charge in [0, 0.05) is 72.0 Å². The van der Waals surface area contributed by atoms with Crippen LogP contribution in [0.1, 0.15) is 55.6 Å². The van der Waals surface area contributed by atoms with Gasteiger partial charge in [0.15, 0.2) is 11.6 Å². The first-order valence-electron chi connectivity index (χ1n) is 12.0. The fourth-order valence-electron chi connectivity index (χ4n) is 6.09. The Morgan fingerprint density at radius 1 is 0.788 bits per heavy atom. The van der Waals surface area contributed by atoms with Gasteiger partial charge in [0.2, 0.25) is 0 Å². The average molecular weight is 437 g/mol. The monoisotopic (exact) mass is 436 g/mol. The lowest BCUT2D eigenvalue weighted by molar-refractivity contribution is -0.117. The molecular formula is C29H28N2O2. The number of benzene rings is 2. The summed E-state index contributed by atoms with van der Waals surface area (Å²) in [4.78, 5) is 29.3. The van der Waals surface area contributed by atoms with E-state index in [2.05, 4.69) is 52.1 Å². The van der Waals surface area contributed by atoms with E-state index in [1.54, 1.807) is 0 Å². The van der Waals surface area contributed by atoms with Gasteiger partial charge in [-0.1, -0.05) is 48.5 Å². The Balaban J connectivity index is 1.60. The van der Waals surface area contributed by atoms with Gasteiger partial charge < -0.3 is 9.47 Å². The van der Waals surface area contributed by atoms with E-state index in [1.807, 2.05) is 25.2 Å². The van der Waals surface area contributed by atoms with Crippen LogP contribution < -0.4 is 0 Å². The van der Waals surface area contributed by atoms with E-state index in [0.29, 0.717) is 19.4 Å². The van der Waals surface area contributed by atoms with Crippen LogP contribution in [0, 0.1) is 0 Å². The fraction of sp³-hybridized carbons (Fsp3) is 0.310. The molecule has 1 aromatic heterocycles. The van der Waals surface area contributed by atoms with Crippen molar-refractivity contribution in [1.29, 1.82) is 0 Å². The SMILES string of the molecule is Cn1cc(C2C3=C(CCCC3=O)N(Cc3ccccc3)C3=C2C(=O)CCC3)c2ccccc21. The molecule has 0 radical (unpaired) electrons. The summed E-state index contributed by atoms with van der Waals surface area (Å²) in [6, 6.07) is 18.7. The van der Waals surface area contributed by atoms with E-state index in [4.69, 9.17) is 0 Å². The molecule has 166 valence electrons. The standard InChI is InChI=1S/C29H28N2O2/c1-30-18-21(20-11-5-6-12-22(20)30)27-28-23(13-7-15-25(28)32)31(17-19-9-3-2-4-10-19)24-14-8-16-26(33)29(24)27/h2-6,9-12,18,27H,7-8,13-17H2,1H3. The minimum Gasteiger partial charge on any atom is -0.350 e. The zero-order valence-corrected chi connectivity index (χ0v) is 19.0. The number of rotatable bonds is 3. The molecule has 0 N–H and O–H groups in total. The number of nitrogens with zero attached hydrogens (tertiary/aromatic N) is 2. The molecule has 6 rings (SSSR count). The number of carbonyl (C=O) groups excluding carboxylic acids is 2. The number of hydrogen-bond donors (Lipinski definition) is 0. The normalized spacial score (nSPS) is 19.4. The molecule has 4 heteroatoms. The van der Waals surface area contributed by atoms with Gasteiger partial charge in [0.1, 0.15) is 0 Å². The lowest BCUT2D eigenvalue weighted by atomic mass is 9.71. The second-order valence-electron chi connectivity index (χ2n) is 9.49. The molecule has 1 aliphatic heterocycles. The van der Waals surface area contributed by atoms with Crippen molar-refractivity contribution in [3.63, 3.8) is 0 Å². The second kappa shape index (κ2) is 7.87. The van der Waals surface area contributed by atoms with Crippen molar-refractivity contribution in [2.24, 2.45) is 7.05 Å². The van der Waals surface area contributed by atoms with Gasteiger partial charge in [-0.05, 0) is 42.9 Å². The minimum absolute atomic E-state index is 0.206. The smallest absolute Gasteiger partial charge is 0.161 e. The van der Waals surface area contributed by atoms with Crippen molar-refractivity contribution >= 4 is 22.5 Å². The van der Waals surface area contributed by atoms with E-state index < -0.39 is 0 Å². The number of fused-ring (bicyclic) bond motifs is 1. The summed E-state index contributed by atoms with van der Waals surface area (Å²) in [7, 11) is 2.05. The van der Waals surface area contributed by atoms with Gasteiger partial charge in [-0.3, -0.25) is 9.59 Å². The first-order valence-corrected chi connectivity index (χ1v) is 12.0. The largest absolute Gasteiger partial charge is 0.350 e. The van der Waals surface area contributed by atoms with E-state index in [0.717, 1.165) is 64.7 Å². The Morgan fingerprint density at radius 2 is 1.39 bits per heavy atom. The zero-order valence-electron chi connectivity index (χ0n) is 19.0. The molecule has 3 aliphatic rings. The van der Waals surface area contributed by atoms with Crippen molar-refractivity contribution in [1.82, 2.24) is 9.47 Å². The van der Waals surface area contributed by atoms with Crippen LogP contribution in [-0.2, 0) is 23.2 Å². The number of aromatic nitrogens is 1.